The first-order chi connectivity index (χ1) is 8.75. The Morgan fingerprint density at radius 1 is 1.22 bits per heavy atom. The molecule has 1 amide bonds. The quantitative estimate of drug-likeness (QED) is 0.874. The molecule has 2 aromatic rings. The largest absolute Gasteiger partial charge is 0.370 e. The molecule has 1 aliphatic heterocycles. The van der Waals surface area contributed by atoms with Gasteiger partial charge in [-0.1, -0.05) is 6.07 Å². The van der Waals surface area contributed by atoms with Gasteiger partial charge < -0.3 is 10.6 Å². The van der Waals surface area contributed by atoms with Gasteiger partial charge in [0.2, 0.25) is 5.91 Å². The Morgan fingerprint density at radius 2 is 2.00 bits per heavy atom. The van der Waals surface area contributed by atoms with Crippen LogP contribution in [0.15, 0.2) is 30.6 Å². The van der Waals surface area contributed by atoms with Crippen LogP contribution < -0.4 is 10.6 Å². The van der Waals surface area contributed by atoms with Gasteiger partial charge in [-0.05, 0) is 25.0 Å². The van der Waals surface area contributed by atoms with E-state index in [1.54, 1.807) is 6.07 Å². The average molecular weight is 241 g/mol. The maximum atomic E-state index is 11.3. The van der Waals surface area contributed by atoms with Crippen molar-refractivity contribution >= 4 is 22.4 Å². The minimum Gasteiger partial charge on any atom is -0.370 e. The molecular weight excluding hydrogens is 226 g/mol. The zero-order valence-corrected chi connectivity index (χ0v) is 10.1. The minimum atomic E-state index is -0.388. The van der Waals surface area contributed by atoms with Gasteiger partial charge in [-0.2, -0.15) is 0 Å². The van der Waals surface area contributed by atoms with Gasteiger partial charge in [-0.3, -0.25) is 9.78 Å². The summed E-state index contributed by atoms with van der Waals surface area (Å²) in [5, 5.41) is 2.10. The van der Waals surface area contributed by atoms with Crippen molar-refractivity contribution in [2.75, 3.05) is 18.0 Å². The fourth-order valence-corrected chi connectivity index (χ4v) is 2.51. The molecule has 3 rings (SSSR count). The maximum absolute atomic E-state index is 11.3. The minimum absolute atomic E-state index is 0.388. The Morgan fingerprint density at radius 3 is 2.72 bits per heavy atom. The Balaban J connectivity index is 2.17. The molecule has 0 saturated carbocycles. The fourth-order valence-electron chi connectivity index (χ4n) is 2.51. The van der Waals surface area contributed by atoms with Crippen molar-refractivity contribution in [3.8, 4) is 0 Å². The van der Waals surface area contributed by atoms with Gasteiger partial charge in [0.15, 0.2) is 0 Å². The lowest BCUT2D eigenvalue weighted by molar-refractivity contribution is 0.100. The van der Waals surface area contributed by atoms with Crippen molar-refractivity contribution in [1.29, 1.82) is 0 Å². The van der Waals surface area contributed by atoms with Crippen LogP contribution in [0.4, 0.5) is 5.69 Å². The number of nitrogens with two attached hydrogens (primary N) is 1. The van der Waals surface area contributed by atoms with Crippen molar-refractivity contribution in [2.24, 2.45) is 5.73 Å². The molecule has 92 valence electrons. The predicted octanol–water partition coefficient (Wildman–Crippen LogP) is 1.93. The van der Waals surface area contributed by atoms with E-state index in [-0.39, 0.29) is 5.91 Å². The highest BCUT2D eigenvalue weighted by molar-refractivity contribution is 6.01. The van der Waals surface area contributed by atoms with E-state index in [4.69, 9.17) is 5.73 Å². The Labute approximate surface area is 105 Å². The first-order valence-corrected chi connectivity index (χ1v) is 6.18. The van der Waals surface area contributed by atoms with Crippen molar-refractivity contribution in [3.05, 3.63) is 36.2 Å². The molecule has 18 heavy (non-hydrogen) atoms. The number of primary amides is 1. The molecule has 0 radical (unpaired) electrons. The normalized spacial score (nSPS) is 15.2. The van der Waals surface area contributed by atoms with Crippen molar-refractivity contribution in [1.82, 2.24) is 4.98 Å². The van der Waals surface area contributed by atoms with Gasteiger partial charge in [-0.25, -0.2) is 0 Å². The number of hydrogen-bond donors (Lipinski definition) is 1. The van der Waals surface area contributed by atoms with Crippen LogP contribution in [-0.4, -0.2) is 24.0 Å². The first-order valence-electron chi connectivity index (χ1n) is 6.18. The first kappa shape index (κ1) is 11.0. The van der Waals surface area contributed by atoms with Crippen molar-refractivity contribution in [2.45, 2.75) is 12.8 Å². The Kier molecular flexibility index (Phi) is 2.63. The van der Waals surface area contributed by atoms with E-state index >= 15 is 0 Å². The lowest BCUT2D eigenvalue weighted by atomic mass is 10.1. The molecule has 0 atom stereocenters. The SMILES string of the molecule is NC(=O)c1ccc2cncc(N3CCCC3)c2c1. The third-order valence-corrected chi connectivity index (χ3v) is 3.47. The monoisotopic (exact) mass is 241 g/mol. The van der Waals surface area contributed by atoms with Crippen LogP contribution in [-0.2, 0) is 0 Å². The fraction of sp³-hybridized carbons (Fsp3) is 0.286. The smallest absolute Gasteiger partial charge is 0.248 e. The number of rotatable bonds is 2. The molecule has 0 spiro atoms. The molecule has 1 aliphatic rings. The third kappa shape index (κ3) is 1.79. The van der Waals surface area contributed by atoms with E-state index in [0.717, 1.165) is 29.5 Å². The van der Waals surface area contributed by atoms with Crippen LogP contribution in [0, 0.1) is 0 Å². The number of nitrogens with zero attached hydrogens (tertiary/aromatic N) is 2. The standard InChI is InChI=1S/C14H15N3O/c15-14(18)10-3-4-11-8-16-9-13(12(11)7-10)17-5-1-2-6-17/h3-4,7-9H,1-2,5-6H2,(H2,15,18). The molecule has 1 fully saturated rings. The van der Waals surface area contributed by atoms with E-state index in [9.17, 15) is 4.79 Å². The van der Waals surface area contributed by atoms with Gasteiger partial charge >= 0.3 is 0 Å². The van der Waals surface area contributed by atoms with Gasteiger partial charge in [0.25, 0.3) is 0 Å². The number of carbonyl (C=O) groups excluding carboxylic acids is 1. The van der Waals surface area contributed by atoms with E-state index < -0.39 is 0 Å². The number of fused-ring (bicyclic) bond motifs is 1. The van der Waals surface area contributed by atoms with Gasteiger partial charge in [0.1, 0.15) is 0 Å². The van der Waals surface area contributed by atoms with E-state index in [1.807, 2.05) is 24.5 Å². The summed E-state index contributed by atoms with van der Waals surface area (Å²) in [5.41, 5.74) is 7.00. The summed E-state index contributed by atoms with van der Waals surface area (Å²) in [6, 6.07) is 5.52. The molecule has 1 saturated heterocycles. The number of pyridine rings is 1. The van der Waals surface area contributed by atoms with E-state index in [2.05, 4.69) is 9.88 Å². The highest BCUT2D eigenvalue weighted by Crippen LogP contribution is 2.29. The zero-order chi connectivity index (χ0) is 12.5. The summed E-state index contributed by atoms with van der Waals surface area (Å²) in [6.07, 6.45) is 6.12. The number of anilines is 1. The second kappa shape index (κ2) is 4.29. The predicted molar refractivity (Wildman–Crippen MR) is 71.7 cm³/mol. The molecule has 1 aromatic carbocycles. The molecule has 0 aliphatic carbocycles. The summed E-state index contributed by atoms with van der Waals surface area (Å²) in [6.45, 7) is 2.11. The lowest BCUT2D eigenvalue weighted by Crippen LogP contribution is -2.18. The van der Waals surface area contributed by atoms with Crippen LogP contribution in [0.2, 0.25) is 0 Å². The Bertz CT molecular complexity index is 603. The average Bonchev–Trinajstić information content (AvgIpc) is 2.91. The molecule has 4 heteroatoms. The highest BCUT2D eigenvalue weighted by Gasteiger charge is 2.15. The van der Waals surface area contributed by atoms with Gasteiger partial charge in [-0.15, -0.1) is 0 Å². The van der Waals surface area contributed by atoms with Crippen LogP contribution in [0.3, 0.4) is 0 Å². The zero-order valence-electron chi connectivity index (χ0n) is 10.1. The summed E-state index contributed by atoms with van der Waals surface area (Å²) >= 11 is 0. The molecule has 0 bridgehead atoms. The number of benzene rings is 1. The number of carbonyl (C=O) groups is 1. The topological polar surface area (TPSA) is 59.2 Å². The second-order valence-electron chi connectivity index (χ2n) is 4.65. The van der Waals surface area contributed by atoms with E-state index in [1.165, 1.54) is 12.8 Å². The summed E-state index contributed by atoms with van der Waals surface area (Å²) in [7, 11) is 0. The molecular formula is C14H15N3O. The third-order valence-electron chi connectivity index (χ3n) is 3.47. The molecule has 0 unspecified atom stereocenters. The van der Waals surface area contributed by atoms with Crippen molar-refractivity contribution < 1.29 is 4.79 Å². The van der Waals surface area contributed by atoms with Crippen LogP contribution in [0.1, 0.15) is 23.2 Å². The van der Waals surface area contributed by atoms with Crippen LogP contribution >= 0.6 is 0 Å². The molecule has 1 aromatic heterocycles. The van der Waals surface area contributed by atoms with Crippen LogP contribution in [0.5, 0.6) is 0 Å². The summed E-state index contributed by atoms with van der Waals surface area (Å²) in [4.78, 5) is 17.9. The van der Waals surface area contributed by atoms with E-state index in [0.29, 0.717) is 5.56 Å². The molecule has 2 N–H and O–H groups in total. The summed E-state index contributed by atoms with van der Waals surface area (Å²) < 4.78 is 0. The van der Waals surface area contributed by atoms with Gasteiger partial charge in [0.05, 0.1) is 11.9 Å². The number of hydrogen-bond acceptors (Lipinski definition) is 3. The molecule has 4 nitrogen and oxygen atoms in total. The van der Waals surface area contributed by atoms with Gasteiger partial charge in [0, 0.05) is 35.6 Å². The van der Waals surface area contributed by atoms with Crippen molar-refractivity contribution in [3.63, 3.8) is 0 Å². The highest BCUT2D eigenvalue weighted by atomic mass is 16.1. The Hall–Kier alpha value is -2.10. The second-order valence-corrected chi connectivity index (χ2v) is 4.65. The number of amides is 1. The molecule has 2 heterocycles. The number of aromatic nitrogens is 1. The summed E-state index contributed by atoms with van der Waals surface area (Å²) in [5.74, 6) is -0.388. The lowest BCUT2D eigenvalue weighted by Gasteiger charge is -2.19. The maximum Gasteiger partial charge on any atom is 0.248 e. The van der Waals surface area contributed by atoms with Crippen LogP contribution in [0.25, 0.3) is 10.8 Å².